The SMILES string of the molecule is CC(C)N(C)CCC1CCC1. The molecule has 1 heteroatoms. The molecule has 1 fully saturated rings. The monoisotopic (exact) mass is 155 g/mol. The van der Waals surface area contributed by atoms with Crippen molar-refractivity contribution >= 4 is 0 Å². The molecule has 0 unspecified atom stereocenters. The first kappa shape index (κ1) is 9.05. The molecule has 0 atom stereocenters. The van der Waals surface area contributed by atoms with Crippen LogP contribution in [0, 0.1) is 5.92 Å². The normalized spacial score (nSPS) is 19.4. The molecule has 0 saturated heterocycles. The zero-order valence-electron chi connectivity index (χ0n) is 8.14. The van der Waals surface area contributed by atoms with Gasteiger partial charge < -0.3 is 4.90 Å². The molecule has 0 radical (unpaired) electrons. The molecule has 11 heavy (non-hydrogen) atoms. The Morgan fingerprint density at radius 3 is 2.36 bits per heavy atom. The first-order valence-corrected chi connectivity index (χ1v) is 4.90. The predicted molar refractivity (Wildman–Crippen MR) is 49.7 cm³/mol. The van der Waals surface area contributed by atoms with Gasteiger partial charge in [0.2, 0.25) is 0 Å². The van der Waals surface area contributed by atoms with E-state index in [0.29, 0.717) is 0 Å². The first-order chi connectivity index (χ1) is 5.20. The lowest BCUT2D eigenvalue weighted by atomic mass is 9.83. The van der Waals surface area contributed by atoms with Gasteiger partial charge in [-0.2, -0.15) is 0 Å². The van der Waals surface area contributed by atoms with Crippen LogP contribution in [0.1, 0.15) is 39.5 Å². The number of nitrogens with zero attached hydrogens (tertiary/aromatic N) is 1. The molecule has 0 aromatic heterocycles. The van der Waals surface area contributed by atoms with Crippen LogP contribution in [0.15, 0.2) is 0 Å². The fraction of sp³-hybridized carbons (Fsp3) is 1.00. The summed E-state index contributed by atoms with van der Waals surface area (Å²) in [7, 11) is 2.23. The van der Waals surface area contributed by atoms with E-state index in [-0.39, 0.29) is 0 Å². The Bertz CT molecular complexity index is 105. The van der Waals surface area contributed by atoms with Gasteiger partial charge in [-0.05, 0) is 39.8 Å². The Morgan fingerprint density at radius 1 is 1.36 bits per heavy atom. The van der Waals surface area contributed by atoms with Crippen molar-refractivity contribution in [2.75, 3.05) is 13.6 Å². The number of rotatable bonds is 4. The van der Waals surface area contributed by atoms with Crippen molar-refractivity contribution < 1.29 is 0 Å². The lowest BCUT2D eigenvalue weighted by Crippen LogP contribution is -2.29. The summed E-state index contributed by atoms with van der Waals surface area (Å²) in [4.78, 5) is 2.44. The molecule has 0 aromatic carbocycles. The average molecular weight is 155 g/mol. The van der Waals surface area contributed by atoms with Crippen molar-refractivity contribution in [2.45, 2.75) is 45.6 Å². The second-order valence-corrected chi connectivity index (χ2v) is 4.16. The Morgan fingerprint density at radius 2 is 2.00 bits per heavy atom. The lowest BCUT2D eigenvalue weighted by molar-refractivity contribution is 0.213. The molecule has 0 bridgehead atoms. The molecule has 1 saturated carbocycles. The van der Waals surface area contributed by atoms with Crippen LogP contribution in [0.3, 0.4) is 0 Å². The zero-order valence-corrected chi connectivity index (χ0v) is 8.14. The number of hydrogen-bond acceptors (Lipinski definition) is 1. The summed E-state index contributed by atoms with van der Waals surface area (Å²) in [6.45, 7) is 5.82. The zero-order chi connectivity index (χ0) is 8.27. The third kappa shape index (κ3) is 2.82. The van der Waals surface area contributed by atoms with Crippen molar-refractivity contribution in [1.29, 1.82) is 0 Å². The minimum atomic E-state index is 0.718. The topological polar surface area (TPSA) is 3.24 Å². The van der Waals surface area contributed by atoms with Gasteiger partial charge in [-0.1, -0.05) is 19.3 Å². The average Bonchev–Trinajstić information content (AvgIpc) is 1.83. The van der Waals surface area contributed by atoms with Crippen molar-refractivity contribution in [2.24, 2.45) is 5.92 Å². The van der Waals surface area contributed by atoms with E-state index in [0.717, 1.165) is 12.0 Å². The quantitative estimate of drug-likeness (QED) is 0.603. The van der Waals surface area contributed by atoms with Crippen LogP contribution in [-0.4, -0.2) is 24.5 Å². The second-order valence-electron chi connectivity index (χ2n) is 4.16. The van der Waals surface area contributed by atoms with E-state index in [2.05, 4.69) is 25.8 Å². The largest absolute Gasteiger partial charge is 0.304 e. The Labute approximate surface area is 70.8 Å². The van der Waals surface area contributed by atoms with Crippen molar-refractivity contribution in [3.63, 3.8) is 0 Å². The summed E-state index contributed by atoms with van der Waals surface area (Å²) >= 11 is 0. The third-order valence-corrected chi connectivity index (χ3v) is 3.00. The van der Waals surface area contributed by atoms with Crippen LogP contribution in [0.2, 0.25) is 0 Å². The molecular formula is C10H21N. The summed E-state index contributed by atoms with van der Waals surface area (Å²) in [6.07, 6.45) is 5.89. The molecule has 1 rings (SSSR count). The maximum Gasteiger partial charge on any atom is 0.00355 e. The fourth-order valence-electron chi connectivity index (χ4n) is 1.43. The first-order valence-electron chi connectivity index (χ1n) is 4.90. The molecule has 1 nitrogen and oxygen atoms in total. The lowest BCUT2D eigenvalue weighted by Gasteiger charge is -2.29. The summed E-state index contributed by atoms with van der Waals surface area (Å²) in [5.41, 5.74) is 0. The van der Waals surface area contributed by atoms with Crippen LogP contribution < -0.4 is 0 Å². The van der Waals surface area contributed by atoms with Gasteiger partial charge in [-0.3, -0.25) is 0 Å². The number of hydrogen-bond donors (Lipinski definition) is 0. The minimum Gasteiger partial charge on any atom is -0.304 e. The van der Waals surface area contributed by atoms with Gasteiger partial charge in [-0.25, -0.2) is 0 Å². The van der Waals surface area contributed by atoms with Crippen molar-refractivity contribution in [3.05, 3.63) is 0 Å². The maximum absolute atomic E-state index is 2.44. The van der Waals surface area contributed by atoms with Crippen LogP contribution in [-0.2, 0) is 0 Å². The highest BCUT2D eigenvalue weighted by Gasteiger charge is 2.17. The molecule has 66 valence electrons. The molecule has 0 N–H and O–H groups in total. The van der Waals surface area contributed by atoms with Crippen LogP contribution in [0.25, 0.3) is 0 Å². The highest BCUT2D eigenvalue weighted by molar-refractivity contribution is 4.71. The van der Waals surface area contributed by atoms with Gasteiger partial charge >= 0.3 is 0 Å². The Balaban J connectivity index is 2.01. The summed E-state index contributed by atoms with van der Waals surface area (Å²) in [6, 6.07) is 0.718. The van der Waals surface area contributed by atoms with Crippen molar-refractivity contribution in [3.8, 4) is 0 Å². The summed E-state index contributed by atoms with van der Waals surface area (Å²) in [5.74, 6) is 1.07. The Hall–Kier alpha value is -0.0400. The van der Waals surface area contributed by atoms with Crippen LogP contribution >= 0.6 is 0 Å². The van der Waals surface area contributed by atoms with E-state index in [1.807, 2.05) is 0 Å². The van der Waals surface area contributed by atoms with Gasteiger partial charge in [0.25, 0.3) is 0 Å². The molecule has 0 heterocycles. The third-order valence-electron chi connectivity index (χ3n) is 3.00. The molecule has 0 spiro atoms. The van der Waals surface area contributed by atoms with E-state index < -0.39 is 0 Å². The van der Waals surface area contributed by atoms with Crippen molar-refractivity contribution in [1.82, 2.24) is 4.90 Å². The van der Waals surface area contributed by atoms with Crippen LogP contribution in [0.5, 0.6) is 0 Å². The van der Waals surface area contributed by atoms with E-state index in [1.165, 1.54) is 32.2 Å². The molecule has 0 aliphatic heterocycles. The highest BCUT2D eigenvalue weighted by atomic mass is 15.1. The fourth-order valence-corrected chi connectivity index (χ4v) is 1.43. The van der Waals surface area contributed by atoms with Crippen LogP contribution in [0.4, 0.5) is 0 Å². The molecular weight excluding hydrogens is 134 g/mol. The van der Waals surface area contributed by atoms with E-state index in [1.54, 1.807) is 0 Å². The smallest absolute Gasteiger partial charge is 0.00355 e. The molecule has 1 aliphatic rings. The Kier molecular flexibility index (Phi) is 3.38. The highest BCUT2D eigenvalue weighted by Crippen LogP contribution is 2.29. The van der Waals surface area contributed by atoms with E-state index in [9.17, 15) is 0 Å². The van der Waals surface area contributed by atoms with Gasteiger partial charge in [0.05, 0.1) is 0 Å². The van der Waals surface area contributed by atoms with Gasteiger partial charge in [0.15, 0.2) is 0 Å². The summed E-state index contributed by atoms with van der Waals surface area (Å²) < 4.78 is 0. The summed E-state index contributed by atoms with van der Waals surface area (Å²) in [5, 5.41) is 0. The molecule has 0 aromatic rings. The molecule has 0 amide bonds. The van der Waals surface area contributed by atoms with E-state index >= 15 is 0 Å². The van der Waals surface area contributed by atoms with E-state index in [4.69, 9.17) is 0 Å². The second kappa shape index (κ2) is 4.10. The van der Waals surface area contributed by atoms with Gasteiger partial charge in [0.1, 0.15) is 0 Å². The van der Waals surface area contributed by atoms with Gasteiger partial charge in [-0.15, -0.1) is 0 Å². The minimum absolute atomic E-state index is 0.718. The molecule has 1 aliphatic carbocycles. The predicted octanol–water partition coefficient (Wildman–Crippen LogP) is 2.52. The standard InChI is InChI=1S/C10H21N/c1-9(2)11(3)8-7-10-5-4-6-10/h9-10H,4-8H2,1-3H3. The maximum atomic E-state index is 2.44. The van der Waals surface area contributed by atoms with Gasteiger partial charge in [0, 0.05) is 6.04 Å².